The second-order valence-electron chi connectivity index (χ2n) is 7.64. The number of carbonyl (C=O) groups is 1. The van der Waals surface area contributed by atoms with Crippen molar-refractivity contribution in [2.24, 2.45) is 0 Å². The van der Waals surface area contributed by atoms with E-state index in [1.54, 1.807) is 37.7 Å². The first-order valence-electron chi connectivity index (χ1n) is 9.72. The lowest BCUT2D eigenvalue weighted by Gasteiger charge is -2.57. The van der Waals surface area contributed by atoms with E-state index in [0.717, 1.165) is 50.4 Å². The van der Waals surface area contributed by atoms with Crippen molar-refractivity contribution in [3.05, 3.63) is 39.8 Å². The van der Waals surface area contributed by atoms with Gasteiger partial charge in [0.05, 0.1) is 24.8 Å². The van der Waals surface area contributed by atoms with E-state index in [2.05, 4.69) is 9.88 Å². The lowest BCUT2D eigenvalue weighted by molar-refractivity contribution is -0.0643. The number of aryl methyl sites for hydroxylation is 1. The van der Waals surface area contributed by atoms with E-state index in [1.807, 2.05) is 24.1 Å². The molecule has 0 aliphatic carbocycles. The highest BCUT2D eigenvalue weighted by Crippen LogP contribution is 2.41. The van der Waals surface area contributed by atoms with Gasteiger partial charge in [0.1, 0.15) is 11.5 Å². The number of nitrogens with zero attached hydrogens (tertiary/aromatic N) is 3. The van der Waals surface area contributed by atoms with E-state index in [0.29, 0.717) is 17.1 Å². The summed E-state index contributed by atoms with van der Waals surface area (Å²) in [5.74, 6) is 1.29. The third kappa shape index (κ3) is 3.49. The number of hydrogen-bond donors (Lipinski definition) is 0. The number of piperidine rings is 1. The topological polar surface area (TPSA) is 54.9 Å². The van der Waals surface area contributed by atoms with Gasteiger partial charge in [-0.05, 0) is 44.4 Å². The molecule has 7 heteroatoms. The van der Waals surface area contributed by atoms with Crippen LogP contribution in [0.1, 0.15) is 39.5 Å². The third-order valence-electron chi connectivity index (χ3n) is 6.01. The van der Waals surface area contributed by atoms with Crippen LogP contribution in [0.2, 0.25) is 0 Å². The summed E-state index contributed by atoms with van der Waals surface area (Å²) in [5.41, 5.74) is 0.667. The minimum absolute atomic E-state index is 0.0234. The van der Waals surface area contributed by atoms with Crippen molar-refractivity contribution in [1.29, 1.82) is 0 Å². The fraction of sp³-hybridized carbons (Fsp3) is 0.524. The Kier molecular flexibility index (Phi) is 5.29. The van der Waals surface area contributed by atoms with Crippen molar-refractivity contribution in [3.63, 3.8) is 0 Å². The zero-order valence-corrected chi connectivity index (χ0v) is 17.6. The molecule has 6 nitrogen and oxygen atoms in total. The van der Waals surface area contributed by atoms with Crippen molar-refractivity contribution in [2.75, 3.05) is 33.9 Å². The monoisotopic (exact) mass is 401 g/mol. The van der Waals surface area contributed by atoms with Gasteiger partial charge in [-0.1, -0.05) is 0 Å². The Morgan fingerprint density at radius 2 is 2.11 bits per heavy atom. The predicted octanol–water partition coefficient (Wildman–Crippen LogP) is 3.35. The van der Waals surface area contributed by atoms with Gasteiger partial charge in [-0.25, -0.2) is 4.98 Å². The molecular formula is C21H27N3O3S. The van der Waals surface area contributed by atoms with Crippen LogP contribution in [0.5, 0.6) is 11.5 Å². The molecule has 1 aromatic carbocycles. The molecule has 150 valence electrons. The number of methoxy groups -OCH3 is 2. The van der Waals surface area contributed by atoms with Crippen molar-refractivity contribution in [1.82, 2.24) is 14.8 Å². The zero-order chi connectivity index (χ0) is 19.7. The Labute approximate surface area is 170 Å². The summed E-state index contributed by atoms with van der Waals surface area (Å²) in [4.78, 5) is 23.5. The molecule has 2 aliphatic rings. The Hall–Kier alpha value is -2.12. The number of hydrogen-bond acceptors (Lipinski definition) is 6. The van der Waals surface area contributed by atoms with Gasteiger partial charge in [-0.3, -0.25) is 9.69 Å². The summed E-state index contributed by atoms with van der Waals surface area (Å²) >= 11 is 1.76. The predicted molar refractivity (Wildman–Crippen MR) is 109 cm³/mol. The van der Waals surface area contributed by atoms with Crippen LogP contribution in [0.15, 0.2) is 24.4 Å². The molecule has 1 amide bonds. The molecule has 0 saturated carbocycles. The number of aromatic nitrogens is 1. The number of thiazole rings is 1. The Bertz CT molecular complexity index is 868. The van der Waals surface area contributed by atoms with Gasteiger partial charge in [0, 0.05) is 42.8 Å². The number of amides is 1. The fourth-order valence-electron chi connectivity index (χ4n) is 4.40. The van der Waals surface area contributed by atoms with E-state index in [4.69, 9.17) is 9.47 Å². The average molecular weight is 402 g/mol. The summed E-state index contributed by atoms with van der Waals surface area (Å²) in [7, 11) is 3.21. The van der Waals surface area contributed by atoms with Gasteiger partial charge in [0.15, 0.2) is 0 Å². The highest BCUT2D eigenvalue weighted by atomic mass is 32.1. The number of benzene rings is 1. The van der Waals surface area contributed by atoms with Crippen LogP contribution in [0, 0.1) is 6.92 Å². The van der Waals surface area contributed by atoms with Gasteiger partial charge in [-0.15, -0.1) is 11.3 Å². The maximum absolute atomic E-state index is 13.3. The average Bonchev–Trinajstić information content (AvgIpc) is 3.15. The van der Waals surface area contributed by atoms with Gasteiger partial charge >= 0.3 is 0 Å². The normalized spacial score (nSPS) is 22.2. The molecule has 0 N–H and O–H groups in total. The third-order valence-corrected chi connectivity index (χ3v) is 6.91. The molecule has 0 radical (unpaired) electrons. The summed E-state index contributed by atoms with van der Waals surface area (Å²) in [6, 6.07) is 5.40. The highest BCUT2D eigenvalue weighted by Gasteiger charge is 2.48. The van der Waals surface area contributed by atoms with Crippen LogP contribution in [-0.4, -0.2) is 60.1 Å². The summed E-state index contributed by atoms with van der Waals surface area (Å²) < 4.78 is 10.7. The van der Waals surface area contributed by atoms with Gasteiger partial charge in [0.25, 0.3) is 5.91 Å². The van der Waals surface area contributed by atoms with Gasteiger partial charge in [-0.2, -0.15) is 0 Å². The SMILES string of the molecule is COc1ccc(OC)c(C(=O)N2CCC[C@@]3(CCN3Cc3cnc(C)s3)C2)c1. The number of rotatable bonds is 5. The van der Waals surface area contributed by atoms with Crippen molar-refractivity contribution in [2.45, 2.75) is 38.3 Å². The van der Waals surface area contributed by atoms with Crippen molar-refractivity contribution >= 4 is 17.2 Å². The van der Waals surface area contributed by atoms with E-state index in [9.17, 15) is 4.79 Å². The van der Waals surface area contributed by atoms with Crippen LogP contribution in [-0.2, 0) is 6.54 Å². The van der Waals surface area contributed by atoms with E-state index in [-0.39, 0.29) is 11.4 Å². The van der Waals surface area contributed by atoms with Crippen LogP contribution in [0.3, 0.4) is 0 Å². The molecule has 3 heterocycles. The second kappa shape index (κ2) is 7.72. The van der Waals surface area contributed by atoms with E-state index < -0.39 is 0 Å². The molecule has 2 aromatic rings. The summed E-state index contributed by atoms with van der Waals surface area (Å²) in [5, 5.41) is 1.11. The molecule has 2 saturated heterocycles. The zero-order valence-electron chi connectivity index (χ0n) is 16.7. The van der Waals surface area contributed by atoms with Crippen LogP contribution >= 0.6 is 11.3 Å². The minimum atomic E-state index is 0.0234. The molecule has 1 aromatic heterocycles. The lowest BCUT2D eigenvalue weighted by Crippen LogP contribution is -2.66. The molecule has 0 unspecified atom stereocenters. The molecule has 1 spiro atoms. The quantitative estimate of drug-likeness (QED) is 0.769. The van der Waals surface area contributed by atoms with E-state index >= 15 is 0 Å². The minimum Gasteiger partial charge on any atom is -0.497 e. The molecule has 2 aliphatic heterocycles. The van der Waals surface area contributed by atoms with Gasteiger partial charge < -0.3 is 14.4 Å². The van der Waals surface area contributed by atoms with Crippen LogP contribution in [0.25, 0.3) is 0 Å². The number of ether oxygens (including phenoxy) is 2. The molecule has 0 bridgehead atoms. The maximum atomic E-state index is 13.3. The second-order valence-corrected chi connectivity index (χ2v) is 8.96. The first kappa shape index (κ1) is 19.2. The van der Waals surface area contributed by atoms with Crippen LogP contribution < -0.4 is 9.47 Å². The van der Waals surface area contributed by atoms with Gasteiger partial charge in [0.2, 0.25) is 0 Å². The summed E-state index contributed by atoms with van der Waals surface area (Å²) in [6.07, 6.45) is 5.29. The Balaban J connectivity index is 1.51. The summed E-state index contributed by atoms with van der Waals surface area (Å²) in [6.45, 7) is 5.61. The Morgan fingerprint density at radius 3 is 2.75 bits per heavy atom. The number of carbonyl (C=O) groups excluding carboxylic acids is 1. The van der Waals surface area contributed by atoms with E-state index in [1.165, 1.54) is 4.88 Å². The largest absolute Gasteiger partial charge is 0.497 e. The smallest absolute Gasteiger partial charge is 0.257 e. The first-order chi connectivity index (χ1) is 13.5. The standard InChI is InChI=1S/C21H27N3O3S/c1-15-22-12-17(28-15)13-24-10-8-21(24)7-4-9-23(14-21)20(25)18-11-16(26-2)5-6-19(18)27-3/h5-6,11-12H,4,7-10,13-14H2,1-3H3/t21-/m1/s1. The number of likely N-dealkylation sites (tertiary alicyclic amines) is 2. The fourth-order valence-corrected chi connectivity index (χ4v) is 5.21. The molecule has 4 rings (SSSR count). The molecule has 1 atom stereocenters. The maximum Gasteiger partial charge on any atom is 0.257 e. The van der Waals surface area contributed by atoms with Crippen molar-refractivity contribution < 1.29 is 14.3 Å². The first-order valence-corrected chi connectivity index (χ1v) is 10.5. The lowest BCUT2D eigenvalue weighted by atomic mass is 9.77. The highest BCUT2D eigenvalue weighted by molar-refractivity contribution is 7.11. The van der Waals surface area contributed by atoms with Crippen LogP contribution in [0.4, 0.5) is 0 Å². The van der Waals surface area contributed by atoms with Crippen molar-refractivity contribution in [3.8, 4) is 11.5 Å². The molecule has 2 fully saturated rings. The molecule has 28 heavy (non-hydrogen) atoms. The molecular weight excluding hydrogens is 374 g/mol. The Morgan fingerprint density at radius 1 is 1.25 bits per heavy atom.